The third-order valence-corrected chi connectivity index (χ3v) is 1.64. The Kier molecular flexibility index (Phi) is 2.29. The molecule has 2 nitrogen and oxygen atoms in total. The first-order chi connectivity index (χ1) is 5.11. The lowest BCUT2D eigenvalue weighted by Crippen LogP contribution is -2.15. The fourth-order valence-corrected chi connectivity index (χ4v) is 0.836. The maximum absolute atomic E-state index is 12.3. The van der Waals surface area contributed by atoms with Crippen LogP contribution in [0.15, 0.2) is 16.5 Å². The summed E-state index contributed by atoms with van der Waals surface area (Å²) in [5.74, 6) is 0.776. The van der Waals surface area contributed by atoms with E-state index in [1.54, 1.807) is 6.07 Å². The van der Waals surface area contributed by atoms with Gasteiger partial charge in [0.25, 0.3) is 6.01 Å². The smallest absolute Gasteiger partial charge is 0.277 e. The molecule has 62 valence electrons. The van der Waals surface area contributed by atoms with Gasteiger partial charge in [0, 0.05) is 6.07 Å². The van der Waals surface area contributed by atoms with Crippen LogP contribution in [0.2, 0.25) is 0 Å². The van der Waals surface area contributed by atoms with Crippen molar-refractivity contribution in [1.82, 2.24) is 0 Å². The highest BCUT2D eigenvalue weighted by atomic mass is 19.1. The summed E-state index contributed by atoms with van der Waals surface area (Å²) in [5.41, 5.74) is 5.69. The highest BCUT2D eigenvalue weighted by Crippen LogP contribution is 2.19. The summed E-state index contributed by atoms with van der Waals surface area (Å²) in [6, 6.07) is 2.06. The molecule has 0 spiro atoms. The van der Waals surface area contributed by atoms with E-state index < -0.39 is 6.01 Å². The zero-order valence-electron chi connectivity index (χ0n) is 6.67. The molecular formula is C8H12FNO. The van der Waals surface area contributed by atoms with E-state index >= 15 is 0 Å². The van der Waals surface area contributed by atoms with Gasteiger partial charge in [-0.05, 0) is 12.0 Å². The highest BCUT2D eigenvalue weighted by Gasteiger charge is 2.14. The van der Waals surface area contributed by atoms with Crippen LogP contribution in [0, 0.1) is 11.9 Å². The number of halogens is 1. The topological polar surface area (TPSA) is 39.2 Å². The number of rotatable bonds is 2. The Labute approximate surface area is 65.2 Å². The van der Waals surface area contributed by atoms with Gasteiger partial charge in [-0.25, -0.2) is 0 Å². The number of furan rings is 1. The van der Waals surface area contributed by atoms with E-state index in [0.717, 1.165) is 0 Å². The number of nitrogens with two attached hydrogens (primary N) is 1. The summed E-state index contributed by atoms with van der Waals surface area (Å²) in [6.45, 7) is 3.93. The van der Waals surface area contributed by atoms with Crippen LogP contribution < -0.4 is 5.73 Å². The standard InChI is InChI=1S/C8H12FNO/c1-5(2)8(10)6-3-4-7(9)11-6/h3-5,8H,10H2,1-2H3/t8-/m0/s1. The van der Waals surface area contributed by atoms with Crippen molar-refractivity contribution in [3.8, 4) is 0 Å². The first-order valence-electron chi connectivity index (χ1n) is 3.62. The molecule has 0 aliphatic carbocycles. The Morgan fingerprint density at radius 3 is 2.45 bits per heavy atom. The van der Waals surface area contributed by atoms with Gasteiger partial charge >= 0.3 is 0 Å². The van der Waals surface area contributed by atoms with Gasteiger partial charge in [-0.3, -0.25) is 0 Å². The minimum atomic E-state index is -0.573. The van der Waals surface area contributed by atoms with E-state index in [0.29, 0.717) is 5.76 Å². The fraction of sp³-hybridized carbons (Fsp3) is 0.500. The van der Waals surface area contributed by atoms with Crippen LogP contribution in [0.5, 0.6) is 0 Å². The van der Waals surface area contributed by atoms with E-state index in [9.17, 15) is 4.39 Å². The summed E-state index contributed by atoms with van der Waals surface area (Å²) in [7, 11) is 0. The van der Waals surface area contributed by atoms with Crippen molar-refractivity contribution in [1.29, 1.82) is 0 Å². The van der Waals surface area contributed by atoms with Gasteiger partial charge in [-0.15, -0.1) is 0 Å². The van der Waals surface area contributed by atoms with Gasteiger partial charge in [0.2, 0.25) is 0 Å². The number of hydrogen-bond donors (Lipinski definition) is 1. The Morgan fingerprint density at radius 2 is 2.09 bits per heavy atom. The lowest BCUT2D eigenvalue weighted by molar-refractivity contribution is 0.307. The van der Waals surface area contributed by atoms with Crippen LogP contribution in [-0.2, 0) is 0 Å². The van der Waals surface area contributed by atoms with Crippen molar-refractivity contribution in [2.75, 3.05) is 0 Å². The average molecular weight is 157 g/mol. The second-order valence-electron chi connectivity index (χ2n) is 2.91. The Balaban J connectivity index is 2.76. The molecule has 2 N–H and O–H groups in total. The molecule has 1 heterocycles. The molecule has 0 saturated heterocycles. The van der Waals surface area contributed by atoms with E-state index in [4.69, 9.17) is 10.2 Å². The van der Waals surface area contributed by atoms with E-state index in [2.05, 4.69) is 0 Å². The zero-order chi connectivity index (χ0) is 8.43. The first kappa shape index (κ1) is 8.27. The lowest BCUT2D eigenvalue weighted by atomic mass is 10.0. The summed E-state index contributed by atoms with van der Waals surface area (Å²) in [5, 5.41) is 0. The van der Waals surface area contributed by atoms with Crippen molar-refractivity contribution < 1.29 is 8.81 Å². The van der Waals surface area contributed by atoms with E-state index in [-0.39, 0.29) is 12.0 Å². The highest BCUT2D eigenvalue weighted by molar-refractivity contribution is 5.05. The quantitative estimate of drug-likeness (QED) is 0.713. The Hall–Kier alpha value is -0.830. The van der Waals surface area contributed by atoms with Crippen molar-refractivity contribution in [3.63, 3.8) is 0 Å². The van der Waals surface area contributed by atoms with Gasteiger partial charge in [-0.1, -0.05) is 13.8 Å². The normalized spacial score (nSPS) is 13.9. The van der Waals surface area contributed by atoms with Crippen molar-refractivity contribution in [2.24, 2.45) is 11.7 Å². The fourth-order valence-electron chi connectivity index (χ4n) is 0.836. The van der Waals surface area contributed by atoms with E-state index in [1.807, 2.05) is 13.8 Å². The molecule has 3 heteroatoms. The third kappa shape index (κ3) is 1.80. The van der Waals surface area contributed by atoms with Crippen LogP contribution >= 0.6 is 0 Å². The van der Waals surface area contributed by atoms with Crippen LogP contribution in [0.25, 0.3) is 0 Å². The van der Waals surface area contributed by atoms with Crippen LogP contribution in [0.3, 0.4) is 0 Å². The van der Waals surface area contributed by atoms with Crippen molar-refractivity contribution >= 4 is 0 Å². The molecule has 0 aliphatic heterocycles. The molecule has 0 saturated carbocycles. The first-order valence-corrected chi connectivity index (χ1v) is 3.62. The predicted octanol–water partition coefficient (Wildman–Crippen LogP) is 2.07. The molecule has 0 radical (unpaired) electrons. The summed E-state index contributed by atoms with van der Waals surface area (Å²) in [6.07, 6.45) is 0. The van der Waals surface area contributed by atoms with Gasteiger partial charge in [0.1, 0.15) is 5.76 Å². The molecule has 0 aromatic carbocycles. The van der Waals surface area contributed by atoms with E-state index in [1.165, 1.54) is 6.07 Å². The molecule has 0 bridgehead atoms. The zero-order valence-corrected chi connectivity index (χ0v) is 6.67. The molecule has 0 unspecified atom stereocenters. The van der Waals surface area contributed by atoms with Crippen molar-refractivity contribution in [3.05, 3.63) is 23.9 Å². The molecule has 0 amide bonds. The molecule has 0 fully saturated rings. The molecular weight excluding hydrogens is 145 g/mol. The van der Waals surface area contributed by atoms with Gasteiger partial charge < -0.3 is 10.2 Å². The second kappa shape index (κ2) is 3.05. The molecule has 0 aliphatic rings. The SMILES string of the molecule is CC(C)[C@H](N)c1ccc(F)o1. The average Bonchev–Trinajstić information content (AvgIpc) is 2.34. The Morgan fingerprint density at radius 1 is 1.45 bits per heavy atom. The Bertz CT molecular complexity index is 232. The maximum atomic E-state index is 12.3. The predicted molar refractivity (Wildman–Crippen MR) is 40.4 cm³/mol. The maximum Gasteiger partial charge on any atom is 0.277 e. The lowest BCUT2D eigenvalue weighted by Gasteiger charge is -2.11. The monoisotopic (exact) mass is 157 g/mol. The largest absolute Gasteiger partial charge is 0.434 e. The molecule has 1 aromatic rings. The van der Waals surface area contributed by atoms with Crippen LogP contribution in [0.1, 0.15) is 25.6 Å². The van der Waals surface area contributed by atoms with Gasteiger partial charge in [0.15, 0.2) is 0 Å². The summed E-state index contributed by atoms with van der Waals surface area (Å²) >= 11 is 0. The summed E-state index contributed by atoms with van der Waals surface area (Å²) in [4.78, 5) is 0. The number of hydrogen-bond acceptors (Lipinski definition) is 2. The summed E-state index contributed by atoms with van der Waals surface area (Å²) < 4.78 is 17.0. The third-order valence-electron chi connectivity index (χ3n) is 1.64. The van der Waals surface area contributed by atoms with Gasteiger partial charge in [0.05, 0.1) is 6.04 Å². The van der Waals surface area contributed by atoms with Gasteiger partial charge in [-0.2, -0.15) is 4.39 Å². The molecule has 1 rings (SSSR count). The second-order valence-corrected chi connectivity index (χ2v) is 2.91. The minimum absolute atomic E-state index is 0.209. The molecule has 1 aromatic heterocycles. The van der Waals surface area contributed by atoms with Crippen molar-refractivity contribution in [2.45, 2.75) is 19.9 Å². The van der Waals surface area contributed by atoms with Crippen LogP contribution in [0.4, 0.5) is 4.39 Å². The molecule has 1 atom stereocenters. The minimum Gasteiger partial charge on any atom is -0.434 e. The van der Waals surface area contributed by atoms with Crippen LogP contribution in [-0.4, -0.2) is 0 Å². The molecule has 11 heavy (non-hydrogen) atoms.